The molecule has 2 aliphatic carbocycles. The normalized spacial score (nSPS) is 36.3. The first kappa shape index (κ1) is 16.4. The van der Waals surface area contributed by atoms with E-state index < -0.39 is 38.9 Å². The molecule has 0 bridgehead atoms. The summed E-state index contributed by atoms with van der Waals surface area (Å²) in [6.07, 6.45) is 2.78. The van der Waals surface area contributed by atoms with Crippen LogP contribution in [0.25, 0.3) is 0 Å². The summed E-state index contributed by atoms with van der Waals surface area (Å²) in [4.78, 5) is 24.8. The summed E-state index contributed by atoms with van der Waals surface area (Å²) in [5.74, 6) is -1.33. The highest BCUT2D eigenvalue weighted by atomic mass is 32.2. The molecule has 9 heteroatoms. The number of nitrogens with two attached hydrogens (primary N) is 1. The molecule has 1 aliphatic heterocycles. The van der Waals surface area contributed by atoms with Gasteiger partial charge in [0.15, 0.2) is 6.04 Å². The highest BCUT2D eigenvalue weighted by molar-refractivity contribution is 7.90. The van der Waals surface area contributed by atoms with Gasteiger partial charge >= 0.3 is 0 Å². The van der Waals surface area contributed by atoms with Crippen molar-refractivity contribution in [2.45, 2.75) is 48.6 Å². The lowest BCUT2D eigenvalue weighted by Crippen LogP contribution is -2.90. The van der Waals surface area contributed by atoms with Crippen LogP contribution in [-0.2, 0) is 19.6 Å². The van der Waals surface area contributed by atoms with Crippen molar-refractivity contribution in [3.63, 3.8) is 0 Å². The fourth-order valence-electron chi connectivity index (χ4n) is 3.05. The molecule has 2 amide bonds. The third-order valence-corrected chi connectivity index (χ3v) is 6.62. The molecule has 128 valence electrons. The molecule has 1 unspecified atom stereocenters. The molecule has 0 aromatic carbocycles. The Bertz CT molecular complexity index is 645. The van der Waals surface area contributed by atoms with Crippen molar-refractivity contribution in [2.24, 2.45) is 5.92 Å². The fourth-order valence-corrected chi connectivity index (χ4v) is 4.41. The number of carbonyl (C=O) groups excluding carboxylic acids is 2. The van der Waals surface area contributed by atoms with Crippen LogP contribution in [0.4, 0.5) is 0 Å². The zero-order chi connectivity index (χ0) is 16.8. The fraction of sp³-hybridized carbons (Fsp3) is 0.714. The number of amides is 2. The summed E-state index contributed by atoms with van der Waals surface area (Å²) in [6, 6.07) is -0.458. The van der Waals surface area contributed by atoms with Crippen molar-refractivity contribution in [3.05, 3.63) is 12.7 Å². The molecule has 0 aromatic heterocycles. The van der Waals surface area contributed by atoms with Crippen LogP contribution in [0, 0.1) is 5.92 Å². The first-order chi connectivity index (χ1) is 10.8. The van der Waals surface area contributed by atoms with Crippen LogP contribution in [0.5, 0.6) is 0 Å². The molecule has 2 saturated carbocycles. The van der Waals surface area contributed by atoms with Gasteiger partial charge in [-0.15, -0.1) is 6.58 Å². The molecule has 23 heavy (non-hydrogen) atoms. The lowest BCUT2D eigenvalue weighted by atomic mass is 10.1. The van der Waals surface area contributed by atoms with Crippen LogP contribution in [0.3, 0.4) is 0 Å². The van der Waals surface area contributed by atoms with Gasteiger partial charge < -0.3 is 15.7 Å². The predicted octanol–water partition coefficient (Wildman–Crippen LogP) is -2.65. The lowest BCUT2D eigenvalue weighted by Gasteiger charge is -2.19. The van der Waals surface area contributed by atoms with Crippen LogP contribution in [0.15, 0.2) is 12.7 Å². The third kappa shape index (κ3) is 3.13. The van der Waals surface area contributed by atoms with Gasteiger partial charge in [0.2, 0.25) is 10.0 Å². The second-order valence-corrected chi connectivity index (χ2v) is 8.61. The Labute approximate surface area is 134 Å². The maximum absolute atomic E-state index is 12.4. The van der Waals surface area contributed by atoms with E-state index in [9.17, 15) is 23.1 Å². The average Bonchev–Trinajstić information content (AvgIpc) is 3.37. The molecule has 3 fully saturated rings. The molecule has 0 spiro atoms. The molecule has 3 aliphatic rings. The first-order valence-electron chi connectivity index (χ1n) is 7.80. The molecular formula is C14H22N3O5S+. The highest BCUT2D eigenvalue weighted by Gasteiger charge is 2.61. The average molecular weight is 344 g/mol. The van der Waals surface area contributed by atoms with E-state index in [1.54, 1.807) is 11.4 Å². The molecular weight excluding hydrogens is 322 g/mol. The summed E-state index contributed by atoms with van der Waals surface area (Å²) in [5.41, 5.74) is -1.23. The summed E-state index contributed by atoms with van der Waals surface area (Å²) >= 11 is 0. The zero-order valence-corrected chi connectivity index (χ0v) is 13.5. The Kier molecular flexibility index (Phi) is 3.97. The van der Waals surface area contributed by atoms with Crippen LogP contribution < -0.4 is 15.4 Å². The van der Waals surface area contributed by atoms with Gasteiger partial charge in [0.1, 0.15) is 18.2 Å². The zero-order valence-electron chi connectivity index (χ0n) is 12.7. The van der Waals surface area contributed by atoms with Gasteiger partial charge in [0.05, 0.1) is 5.25 Å². The van der Waals surface area contributed by atoms with Crippen LogP contribution in [0.1, 0.15) is 25.7 Å². The van der Waals surface area contributed by atoms with E-state index in [1.165, 1.54) is 0 Å². The second-order valence-electron chi connectivity index (χ2n) is 6.65. The van der Waals surface area contributed by atoms with E-state index >= 15 is 0 Å². The van der Waals surface area contributed by atoms with Gasteiger partial charge in [-0.2, -0.15) is 0 Å². The van der Waals surface area contributed by atoms with Crippen LogP contribution >= 0.6 is 0 Å². The molecule has 8 nitrogen and oxygen atoms in total. The monoisotopic (exact) mass is 344 g/mol. The number of aliphatic hydroxyl groups is 1. The Morgan fingerprint density at radius 1 is 1.35 bits per heavy atom. The second kappa shape index (κ2) is 5.57. The van der Waals surface area contributed by atoms with Crippen molar-refractivity contribution in [3.8, 4) is 0 Å². The molecule has 0 aromatic rings. The Morgan fingerprint density at radius 3 is 2.52 bits per heavy atom. The lowest BCUT2D eigenvalue weighted by molar-refractivity contribution is -0.659. The number of hydrogen-bond donors (Lipinski definition) is 4. The van der Waals surface area contributed by atoms with Gasteiger partial charge in [-0.1, -0.05) is 6.08 Å². The van der Waals surface area contributed by atoms with Crippen LogP contribution in [-0.4, -0.2) is 54.8 Å². The number of hydrogen-bond acceptors (Lipinski definition) is 5. The van der Waals surface area contributed by atoms with Gasteiger partial charge in [-0.25, -0.2) is 8.42 Å². The summed E-state index contributed by atoms with van der Waals surface area (Å²) in [5, 5.41) is 13.4. The number of nitrogens with one attached hydrogen (secondary N) is 2. The van der Waals surface area contributed by atoms with Crippen molar-refractivity contribution in [2.75, 3.05) is 6.54 Å². The largest absolute Gasteiger partial charge is 0.387 e. The minimum absolute atomic E-state index is 0.285. The molecule has 4 atom stereocenters. The maximum Gasteiger partial charge on any atom is 0.279 e. The minimum atomic E-state index is -3.66. The van der Waals surface area contributed by atoms with Gasteiger partial charge in [-0.3, -0.25) is 14.3 Å². The maximum atomic E-state index is 12.4. The number of aliphatic hydroxyl groups excluding tert-OH is 1. The van der Waals surface area contributed by atoms with E-state index in [4.69, 9.17) is 0 Å². The summed E-state index contributed by atoms with van der Waals surface area (Å²) < 4.78 is 26.0. The topological polar surface area (TPSA) is 129 Å². The SMILES string of the molecule is C=CC1C[C@]1(NC(=O)[C@@H]1C[C@@H](O)C[NH2+]1)C(=O)NS(=O)(=O)C1CC1. The smallest absolute Gasteiger partial charge is 0.279 e. The number of rotatable bonds is 6. The van der Waals surface area contributed by atoms with E-state index in [0.717, 1.165) is 0 Å². The van der Waals surface area contributed by atoms with Gasteiger partial charge in [0.25, 0.3) is 11.8 Å². The highest BCUT2D eigenvalue weighted by Crippen LogP contribution is 2.45. The molecule has 5 N–H and O–H groups in total. The van der Waals surface area contributed by atoms with E-state index in [2.05, 4.69) is 16.6 Å². The Morgan fingerprint density at radius 2 is 2.04 bits per heavy atom. The Balaban J connectivity index is 1.68. The van der Waals surface area contributed by atoms with Gasteiger partial charge in [-0.05, 0) is 19.3 Å². The van der Waals surface area contributed by atoms with Crippen molar-refractivity contribution < 1.29 is 28.4 Å². The third-order valence-electron chi connectivity index (χ3n) is 4.80. The first-order valence-corrected chi connectivity index (χ1v) is 9.35. The van der Waals surface area contributed by atoms with Crippen molar-refractivity contribution in [1.82, 2.24) is 10.0 Å². The minimum Gasteiger partial charge on any atom is -0.387 e. The number of quaternary nitrogens is 1. The van der Waals surface area contributed by atoms with E-state index in [-0.39, 0.29) is 11.8 Å². The van der Waals surface area contributed by atoms with Gasteiger partial charge in [0, 0.05) is 12.3 Å². The number of carbonyl (C=O) groups is 2. The molecule has 0 radical (unpaired) electrons. The molecule has 3 rings (SSSR count). The quantitative estimate of drug-likeness (QED) is 0.391. The predicted molar refractivity (Wildman–Crippen MR) is 80.5 cm³/mol. The standard InChI is InChI=1S/C14H21N3O5S/c1-2-8-6-14(8,13(20)17-23(21,22)10-3-4-10)16-12(19)11-5-9(18)7-15-11/h2,8-11,15,18H,1,3-7H2,(H,16,19)(H,17,20)/p+1/t8?,9-,11+,14-/m1/s1. The molecule has 1 saturated heterocycles. The van der Waals surface area contributed by atoms with E-state index in [0.29, 0.717) is 32.2 Å². The van der Waals surface area contributed by atoms with Crippen LogP contribution in [0.2, 0.25) is 0 Å². The molecule has 1 heterocycles. The van der Waals surface area contributed by atoms with Crippen molar-refractivity contribution in [1.29, 1.82) is 0 Å². The number of sulfonamides is 1. The Hall–Kier alpha value is -1.45. The van der Waals surface area contributed by atoms with E-state index in [1.807, 2.05) is 0 Å². The van der Waals surface area contributed by atoms with Crippen molar-refractivity contribution >= 4 is 21.8 Å². The summed E-state index contributed by atoms with van der Waals surface area (Å²) in [7, 11) is -3.66. The summed E-state index contributed by atoms with van der Waals surface area (Å²) in [6.45, 7) is 4.08.